The summed E-state index contributed by atoms with van der Waals surface area (Å²) in [6, 6.07) is 10.1. The van der Waals surface area contributed by atoms with Crippen LogP contribution in [0.4, 0.5) is 13.2 Å². The molecule has 2 aromatic carbocycles. The summed E-state index contributed by atoms with van der Waals surface area (Å²) in [4.78, 5) is 0. The summed E-state index contributed by atoms with van der Waals surface area (Å²) in [5, 5.41) is 0. The third-order valence-electron chi connectivity index (χ3n) is 3.24. The van der Waals surface area contributed by atoms with E-state index in [1.165, 1.54) is 38.5 Å². The lowest BCUT2D eigenvalue weighted by atomic mass is 9.98. The van der Waals surface area contributed by atoms with Crippen LogP contribution in [-0.4, -0.2) is 20.6 Å². The van der Waals surface area contributed by atoms with Crippen LogP contribution >= 0.6 is 12.4 Å². The predicted octanol–water partition coefficient (Wildman–Crippen LogP) is 4.07. The van der Waals surface area contributed by atoms with Crippen molar-refractivity contribution in [2.24, 2.45) is 5.73 Å². The highest BCUT2D eigenvalue weighted by atomic mass is 35.5. The first-order valence-corrected chi connectivity index (χ1v) is 6.68. The molecule has 0 saturated carbocycles. The highest BCUT2D eigenvalue weighted by Crippen LogP contribution is 2.36. The molecule has 0 heterocycles. The molecule has 0 spiro atoms. The summed E-state index contributed by atoms with van der Waals surface area (Å²) in [5.41, 5.74) is 7.48. The van der Waals surface area contributed by atoms with Crippen LogP contribution in [-0.2, 0) is 0 Å². The Morgan fingerprint density at radius 3 is 2.08 bits per heavy atom. The van der Waals surface area contributed by atoms with Crippen LogP contribution in [0.2, 0.25) is 0 Å². The van der Waals surface area contributed by atoms with Gasteiger partial charge in [0.1, 0.15) is 5.75 Å². The maximum atomic E-state index is 12.2. The van der Waals surface area contributed by atoms with Gasteiger partial charge >= 0.3 is 6.36 Å². The SMILES string of the molecule is COc1cccc([C@H](N)c2ccc(OC(F)(F)F)cc2)c1OC.Cl. The number of halogens is 4. The van der Waals surface area contributed by atoms with Crippen LogP contribution in [0.5, 0.6) is 17.2 Å². The normalized spacial score (nSPS) is 12.1. The topological polar surface area (TPSA) is 53.7 Å². The average Bonchev–Trinajstić information content (AvgIpc) is 2.52. The monoisotopic (exact) mass is 363 g/mol. The Balaban J connectivity index is 0.00000288. The summed E-state index contributed by atoms with van der Waals surface area (Å²) < 4.78 is 50.9. The van der Waals surface area contributed by atoms with Crippen molar-refractivity contribution in [1.29, 1.82) is 0 Å². The van der Waals surface area contributed by atoms with Gasteiger partial charge in [0.15, 0.2) is 11.5 Å². The zero-order valence-electron chi connectivity index (χ0n) is 13.0. The lowest BCUT2D eigenvalue weighted by molar-refractivity contribution is -0.274. The van der Waals surface area contributed by atoms with Crippen molar-refractivity contribution in [1.82, 2.24) is 0 Å². The van der Waals surface area contributed by atoms with E-state index in [0.29, 0.717) is 22.6 Å². The van der Waals surface area contributed by atoms with E-state index in [2.05, 4.69) is 4.74 Å². The zero-order chi connectivity index (χ0) is 17.0. The molecular weight excluding hydrogens is 347 g/mol. The van der Waals surface area contributed by atoms with Gasteiger partial charge in [-0.3, -0.25) is 0 Å². The van der Waals surface area contributed by atoms with E-state index in [0.717, 1.165) is 0 Å². The molecule has 0 fully saturated rings. The Morgan fingerprint density at radius 2 is 1.58 bits per heavy atom. The first-order valence-electron chi connectivity index (χ1n) is 6.68. The third kappa shape index (κ3) is 4.69. The van der Waals surface area contributed by atoms with E-state index in [1.54, 1.807) is 18.2 Å². The van der Waals surface area contributed by atoms with Crippen LogP contribution < -0.4 is 19.9 Å². The Morgan fingerprint density at radius 1 is 0.958 bits per heavy atom. The van der Waals surface area contributed by atoms with Crippen LogP contribution in [0.25, 0.3) is 0 Å². The molecule has 0 aromatic heterocycles. The number of methoxy groups -OCH3 is 2. The minimum absolute atomic E-state index is 0. The van der Waals surface area contributed by atoms with Gasteiger partial charge in [-0.1, -0.05) is 24.3 Å². The van der Waals surface area contributed by atoms with E-state index < -0.39 is 12.4 Å². The van der Waals surface area contributed by atoms with Gasteiger partial charge in [0, 0.05) is 5.56 Å². The highest BCUT2D eigenvalue weighted by molar-refractivity contribution is 5.85. The maximum Gasteiger partial charge on any atom is 0.573 e. The zero-order valence-corrected chi connectivity index (χ0v) is 13.8. The molecule has 24 heavy (non-hydrogen) atoms. The molecule has 132 valence electrons. The van der Waals surface area contributed by atoms with E-state index in [9.17, 15) is 13.2 Å². The highest BCUT2D eigenvalue weighted by Gasteiger charge is 2.31. The third-order valence-corrected chi connectivity index (χ3v) is 3.24. The lowest BCUT2D eigenvalue weighted by Crippen LogP contribution is -2.17. The quantitative estimate of drug-likeness (QED) is 0.870. The molecule has 0 aliphatic heterocycles. The number of rotatable bonds is 5. The van der Waals surface area contributed by atoms with Gasteiger partial charge in [0.2, 0.25) is 0 Å². The van der Waals surface area contributed by atoms with Gasteiger partial charge < -0.3 is 19.9 Å². The Kier molecular flexibility index (Phi) is 6.74. The van der Waals surface area contributed by atoms with Crippen molar-refractivity contribution >= 4 is 12.4 Å². The second-order valence-corrected chi connectivity index (χ2v) is 4.68. The van der Waals surface area contributed by atoms with Gasteiger partial charge in [0.25, 0.3) is 0 Å². The Hall–Kier alpha value is -2.12. The number of para-hydroxylation sites is 1. The van der Waals surface area contributed by atoms with Crippen LogP contribution in [0.3, 0.4) is 0 Å². The van der Waals surface area contributed by atoms with Crippen molar-refractivity contribution in [3.8, 4) is 17.2 Å². The van der Waals surface area contributed by atoms with Gasteiger partial charge in [0.05, 0.1) is 20.3 Å². The van der Waals surface area contributed by atoms with Crippen LogP contribution in [0.15, 0.2) is 42.5 Å². The summed E-state index contributed by atoms with van der Waals surface area (Å²) in [6.45, 7) is 0. The minimum Gasteiger partial charge on any atom is -0.493 e. The van der Waals surface area contributed by atoms with Gasteiger partial charge in [-0.2, -0.15) is 0 Å². The average molecular weight is 364 g/mol. The first-order chi connectivity index (χ1) is 10.9. The van der Waals surface area contributed by atoms with Crippen LogP contribution in [0.1, 0.15) is 17.2 Å². The second kappa shape index (κ2) is 8.12. The predicted molar refractivity (Wildman–Crippen MR) is 85.9 cm³/mol. The molecule has 0 aliphatic rings. The number of alkyl halides is 3. The smallest absolute Gasteiger partial charge is 0.493 e. The van der Waals surface area contributed by atoms with Crippen molar-refractivity contribution in [3.05, 3.63) is 53.6 Å². The standard InChI is InChI=1S/C16H16F3NO3.ClH/c1-21-13-5-3-4-12(15(13)22-2)14(20)10-6-8-11(9-7-10)23-16(17,18)19;/h3-9,14H,20H2,1-2H3;1H/t14-;/m1./s1. The number of hydrogen-bond acceptors (Lipinski definition) is 4. The largest absolute Gasteiger partial charge is 0.573 e. The molecule has 8 heteroatoms. The van der Waals surface area contributed by atoms with E-state index >= 15 is 0 Å². The maximum absolute atomic E-state index is 12.2. The molecule has 0 radical (unpaired) electrons. The minimum atomic E-state index is -4.72. The molecule has 0 aliphatic carbocycles. The Labute approximate surface area is 143 Å². The van der Waals surface area contributed by atoms with Crippen LogP contribution in [0, 0.1) is 0 Å². The van der Waals surface area contributed by atoms with Crippen molar-refractivity contribution < 1.29 is 27.4 Å². The van der Waals surface area contributed by atoms with Crippen molar-refractivity contribution in [3.63, 3.8) is 0 Å². The second-order valence-electron chi connectivity index (χ2n) is 4.68. The number of nitrogens with two attached hydrogens (primary N) is 1. The van der Waals surface area contributed by atoms with E-state index in [4.69, 9.17) is 15.2 Å². The molecular formula is C16H17ClF3NO3. The molecule has 0 amide bonds. The van der Waals surface area contributed by atoms with E-state index in [1.807, 2.05) is 0 Å². The molecule has 0 unspecified atom stereocenters. The summed E-state index contributed by atoms with van der Waals surface area (Å²) >= 11 is 0. The molecule has 1 atom stereocenters. The molecule has 0 bridgehead atoms. The van der Waals surface area contributed by atoms with Crippen molar-refractivity contribution in [2.75, 3.05) is 14.2 Å². The molecule has 0 saturated heterocycles. The molecule has 2 aromatic rings. The van der Waals surface area contributed by atoms with Gasteiger partial charge in [-0.25, -0.2) is 0 Å². The summed E-state index contributed by atoms with van der Waals surface area (Å²) in [6.07, 6.45) is -4.72. The molecule has 2 rings (SSSR count). The number of benzene rings is 2. The summed E-state index contributed by atoms with van der Waals surface area (Å²) in [7, 11) is 3.00. The lowest BCUT2D eigenvalue weighted by Gasteiger charge is -2.18. The van der Waals surface area contributed by atoms with Crippen molar-refractivity contribution in [2.45, 2.75) is 12.4 Å². The van der Waals surface area contributed by atoms with Gasteiger partial charge in [-0.15, -0.1) is 25.6 Å². The Bertz CT molecular complexity index is 663. The molecule has 2 N–H and O–H groups in total. The van der Waals surface area contributed by atoms with E-state index in [-0.39, 0.29) is 18.2 Å². The first kappa shape index (κ1) is 19.9. The van der Waals surface area contributed by atoms with Gasteiger partial charge in [-0.05, 0) is 23.8 Å². The summed E-state index contributed by atoms with van der Waals surface area (Å²) in [5.74, 6) is 0.710. The molecule has 4 nitrogen and oxygen atoms in total. The number of hydrogen-bond donors (Lipinski definition) is 1. The fraction of sp³-hybridized carbons (Fsp3) is 0.250. The number of ether oxygens (including phenoxy) is 3. The fourth-order valence-corrected chi connectivity index (χ4v) is 2.21. The fourth-order valence-electron chi connectivity index (χ4n) is 2.21.